The van der Waals surface area contributed by atoms with E-state index in [-0.39, 0.29) is 18.7 Å². The lowest BCUT2D eigenvalue weighted by atomic mass is 10.1. The van der Waals surface area contributed by atoms with Crippen molar-refractivity contribution in [2.45, 2.75) is 13.0 Å². The van der Waals surface area contributed by atoms with Crippen molar-refractivity contribution in [3.8, 4) is 17.0 Å². The molecule has 1 aliphatic heterocycles. The van der Waals surface area contributed by atoms with E-state index in [9.17, 15) is 14.7 Å². The summed E-state index contributed by atoms with van der Waals surface area (Å²) >= 11 is 0. The van der Waals surface area contributed by atoms with Crippen LogP contribution in [0, 0.1) is 0 Å². The maximum absolute atomic E-state index is 12.7. The van der Waals surface area contributed by atoms with Crippen LogP contribution in [-0.4, -0.2) is 42.0 Å². The molecule has 1 atom stereocenters. The van der Waals surface area contributed by atoms with Gasteiger partial charge in [0, 0.05) is 16.6 Å². The maximum Gasteiger partial charge on any atom is 0.414 e. The van der Waals surface area contributed by atoms with E-state index in [2.05, 4.69) is 4.98 Å². The minimum Gasteiger partial charge on any atom is -0.493 e. The number of cyclic esters (lactones) is 1. The summed E-state index contributed by atoms with van der Waals surface area (Å²) in [6, 6.07) is 14.6. The number of para-hydroxylation sites is 1. The third-order valence-electron chi connectivity index (χ3n) is 4.70. The number of aromatic amines is 1. The van der Waals surface area contributed by atoms with Crippen LogP contribution in [-0.2, 0) is 4.74 Å². The summed E-state index contributed by atoms with van der Waals surface area (Å²) in [5.74, 6) is 0.700. The molecule has 0 bridgehead atoms. The van der Waals surface area contributed by atoms with E-state index in [1.165, 1.54) is 4.90 Å². The number of fused-ring (bicyclic) bond motifs is 1. The van der Waals surface area contributed by atoms with Gasteiger partial charge in [0.05, 0.1) is 25.5 Å². The Kier molecular flexibility index (Phi) is 4.75. The molecule has 7 heteroatoms. The molecule has 28 heavy (non-hydrogen) atoms. The molecule has 3 aromatic rings. The van der Waals surface area contributed by atoms with Crippen LogP contribution < -0.4 is 15.2 Å². The van der Waals surface area contributed by atoms with Crippen molar-refractivity contribution in [1.29, 1.82) is 0 Å². The quantitative estimate of drug-likeness (QED) is 0.710. The fraction of sp³-hybridized carbons (Fsp3) is 0.238. The number of nitrogens with one attached hydrogen (secondary N) is 1. The highest BCUT2D eigenvalue weighted by Crippen LogP contribution is 2.30. The van der Waals surface area contributed by atoms with Gasteiger partial charge in [-0.2, -0.15) is 0 Å². The minimum atomic E-state index is -0.557. The molecule has 144 valence electrons. The number of ether oxygens (including phenoxy) is 2. The van der Waals surface area contributed by atoms with Gasteiger partial charge in [0.25, 0.3) is 5.56 Å². The molecule has 2 N–H and O–H groups in total. The average molecular weight is 380 g/mol. The highest BCUT2D eigenvalue weighted by molar-refractivity contribution is 5.94. The summed E-state index contributed by atoms with van der Waals surface area (Å²) in [4.78, 5) is 29.1. The molecule has 1 unspecified atom stereocenters. The number of anilines is 1. The molecule has 0 saturated carbocycles. The first-order valence-electron chi connectivity index (χ1n) is 9.09. The number of carbonyl (C=O) groups excluding carboxylic acids is 1. The number of aliphatic hydroxyl groups is 1. The number of pyridine rings is 1. The lowest BCUT2D eigenvalue weighted by molar-refractivity contribution is 0.0963. The number of nitrogens with zero attached hydrogens (tertiary/aromatic N) is 1. The second-order valence-electron chi connectivity index (χ2n) is 6.51. The first kappa shape index (κ1) is 18.1. The van der Waals surface area contributed by atoms with Gasteiger partial charge in [0.1, 0.15) is 11.9 Å². The van der Waals surface area contributed by atoms with Gasteiger partial charge in [-0.1, -0.05) is 18.2 Å². The van der Waals surface area contributed by atoms with Crippen LogP contribution in [0.15, 0.2) is 53.3 Å². The molecule has 1 aliphatic rings. The first-order valence-corrected chi connectivity index (χ1v) is 9.09. The van der Waals surface area contributed by atoms with Gasteiger partial charge < -0.3 is 19.6 Å². The number of hydrogen-bond acceptors (Lipinski definition) is 5. The Morgan fingerprint density at radius 2 is 2.04 bits per heavy atom. The van der Waals surface area contributed by atoms with Crippen LogP contribution in [0.25, 0.3) is 22.0 Å². The Balaban J connectivity index is 1.76. The molecule has 4 rings (SSSR count). The van der Waals surface area contributed by atoms with E-state index in [0.29, 0.717) is 29.1 Å². The third kappa shape index (κ3) is 3.20. The Hall–Kier alpha value is -3.32. The standard InChI is InChI=1S/C21H20N2O5/c1-2-27-19-6-4-3-5-16(19)18-9-13-7-8-14(10-17(13)20(25)22-18)23-11-15(12-24)28-21(23)26/h3-10,15,24H,2,11-12H2,1H3,(H,22,25). The number of H-pyrrole nitrogens is 1. The van der Waals surface area contributed by atoms with Crippen molar-refractivity contribution in [2.24, 2.45) is 0 Å². The molecule has 1 amide bonds. The maximum atomic E-state index is 12.7. The second kappa shape index (κ2) is 7.36. The average Bonchev–Trinajstić information content (AvgIpc) is 3.09. The van der Waals surface area contributed by atoms with Crippen LogP contribution in [0.5, 0.6) is 5.75 Å². The number of rotatable bonds is 5. The van der Waals surface area contributed by atoms with Crippen molar-refractivity contribution in [3.05, 3.63) is 58.9 Å². The largest absolute Gasteiger partial charge is 0.493 e. The van der Waals surface area contributed by atoms with E-state index < -0.39 is 12.2 Å². The highest BCUT2D eigenvalue weighted by Gasteiger charge is 2.31. The van der Waals surface area contributed by atoms with Gasteiger partial charge in [0.2, 0.25) is 0 Å². The lowest BCUT2D eigenvalue weighted by Crippen LogP contribution is -2.25. The fourth-order valence-corrected chi connectivity index (χ4v) is 3.36. The van der Waals surface area contributed by atoms with Crippen LogP contribution in [0.2, 0.25) is 0 Å². The van der Waals surface area contributed by atoms with Gasteiger partial charge in [-0.15, -0.1) is 0 Å². The Labute approximate surface area is 161 Å². The first-order chi connectivity index (χ1) is 13.6. The predicted molar refractivity (Wildman–Crippen MR) is 106 cm³/mol. The topological polar surface area (TPSA) is 91.9 Å². The van der Waals surface area contributed by atoms with Gasteiger partial charge in [-0.3, -0.25) is 9.69 Å². The predicted octanol–water partition coefficient (Wildman–Crippen LogP) is 2.91. The lowest BCUT2D eigenvalue weighted by Gasteiger charge is -2.14. The molecular formula is C21H20N2O5. The molecule has 1 fully saturated rings. The van der Waals surface area contributed by atoms with Crippen molar-refractivity contribution >= 4 is 22.6 Å². The normalized spacial score (nSPS) is 16.4. The van der Waals surface area contributed by atoms with Crippen LogP contribution in [0.3, 0.4) is 0 Å². The Morgan fingerprint density at radius 1 is 1.21 bits per heavy atom. The zero-order chi connectivity index (χ0) is 19.7. The third-order valence-corrected chi connectivity index (χ3v) is 4.70. The summed E-state index contributed by atoms with van der Waals surface area (Å²) in [7, 11) is 0. The van der Waals surface area contributed by atoms with Crippen LogP contribution in [0.4, 0.5) is 10.5 Å². The summed E-state index contributed by atoms with van der Waals surface area (Å²) in [6.45, 7) is 2.45. The molecule has 7 nitrogen and oxygen atoms in total. The van der Waals surface area contributed by atoms with Crippen LogP contribution >= 0.6 is 0 Å². The molecule has 2 heterocycles. The Morgan fingerprint density at radius 3 is 2.79 bits per heavy atom. The summed E-state index contributed by atoms with van der Waals surface area (Å²) in [5, 5.41) is 10.4. The SMILES string of the molecule is CCOc1ccccc1-c1cc2ccc(N3CC(CO)OC3=O)cc2c(=O)[nH]1. The fourth-order valence-electron chi connectivity index (χ4n) is 3.36. The molecule has 0 radical (unpaired) electrons. The molecule has 2 aromatic carbocycles. The zero-order valence-corrected chi connectivity index (χ0v) is 15.3. The van der Waals surface area contributed by atoms with Gasteiger partial charge >= 0.3 is 6.09 Å². The van der Waals surface area contributed by atoms with E-state index in [1.807, 2.05) is 37.3 Å². The van der Waals surface area contributed by atoms with Gasteiger partial charge in [-0.05, 0) is 42.6 Å². The molecular weight excluding hydrogens is 360 g/mol. The van der Waals surface area contributed by atoms with E-state index in [4.69, 9.17) is 9.47 Å². The smallest absolute Gasteiger partial charge is 0.414 e. The van der Waals surface area contributed by atoms with Crippen molar-refractivity contribution < 1.29 is 19.4 Å². The van der Waals surface area contributed by atoms with E-state index >= 15 is 0 Å². The summed E-state index contributed by atoms with van der Waals surface area (Å²) < 4.78 is 10.7. The number of hydrogen-bond donors (Lipinski definition) is 2. The van der Waals surface area contributed by atoms with Crippen LogP contribution in [0.1, 0.15) is 6.92 Å². The van der Waals surface area contributed by atoms with Gasteiger partial charge in [-0.25, -0.2) is 4.79 Å². The number of amides is 1. The number of aromatic nitrogens is 1. The minimum absolute atomic E-state index is 0.237. The van der Waals surface area contributed by atoms with Crippen molar-refractivity contribution in [2.75, 3.05) is 24.7 Å². The molecule has 0 spiro atoms. The molecule has 0 aliphatic carbocycles. The van der Waals surface area contributed by atoms with E-state index in [1.54, 1.807) is 18.2 Å². The zero-order valence-electron chi connectivity index (χ0n) is 15.3. The summed E-state index contributed by atoms with van der Waals surface area (Å²) in [6.07, 6.45) is -1.09. The van der Waals surface area contributed by atoms with Gasteiger partial charge in [0.15, 0.2) is 0 Å². The molecule has 1 saturated heterocycles. The van der Waals surface area contributed by atoms with E-state index in [0.717, 1.165) is 10.9 Å². The van der Waals surface area contributed by atoms with Crippen molar-refractivity contribution in [3.63, 3.8) is 0 Å². The second-order valence-corrected chi connectivity index (χ2v) is 6.51. The number of benzene rings is 2. The van der Waals surface area contributed by atoms with Crippen molar-refractivity contribution in [1.82, 2.24) is 4.98 Å². The number of aliphatic hydroxyl groups excluding tert-OH is 1. The molecule has 1 aromatic heterocycles. The number of carbonyl (C=O) groups is 1. The Bertz CT molecular complexity index is 1090. The monoisotopic (exact) mass is 380 g/mol. The highest BCUT2D eigenvalue weighted by atomic mass is 16.6. The summed E-state index contributed by atoms with van der Waals surface area (Å²) in [5.41, 5.74) is 1.77.